The molecule has 3 N–H and O–H groups in total. The molecule has 1 amide bonds. The number of guanidine groups is 1. The highest BCUT2D eigenvalue weighted by Crippen LogP contribution is 2.18. The fourth-order valence-corrected chi connectivity index (χ4v) is 1.98. The first-order valence-corrected chi connectivity index (χ1v) is 7.99. The molecule has 0 saturated heterocycles. The maximum absolute atomic E-state index is 11.6. The number of carbonyl (C=O) groups is 1. The lowest BCUT2D eigenvalue weighted by atomic mass is 10.1. The molecule has 0 aromatic heterocycles. The molecule has 1 aliphatic carbocycles. The third-order valence-corrected chi connectivity index (χ3v) is 3.29. The number of hydrogen-bond donors (Lipinski definition) is 3. The lowest BCUT2D eigenvalue weighted by Crippen LogP contribution is -2.43. The van der Waals surface area contributed by atoms with Crippen LogP contribution in [0.25, 0.3) is 0 Å². The van der Waals surface area contributed by atoms with Crippen molar-refractivity contribution in [1.82, 2.24) is 16.0 Å². The predicted octanol–water partition coefficient (Wildman–Crippen LogP) is 1.79. The second-order valence-corrected chi connectivity index (χ2v) is 5.58. The number of nitrogens with zero attached hydrogens (tertiary/aromatic N) is 1. The molecule has 5 nitrogen and oxygen atoms in total. The molecule has 0 radical (unpaired) electrons. The van der Waals surface area contributed by atoms with Gasteiger partial charge in [0.1, 0.15) is 6.54 Å². The van der Waals surface area contributed by atoms with Crippen LogP contribution in [0.15, 0.2) is 4.99 Å². The third kappa shape index (κ3) is 8.02. The van der Waals surface area contributed by atoms with Crippen molar-refractivity contribution < 1.29 is 4.79 Å². The summed E-state index contributed by atoms with van der Waals surface area (Å²) in [5.74, 6) is 0.755. The van der Waals surface area contributed by atoms with E-state index in [1.165, 1.54) is 19.3 Å². The minimum atomic E-state index is 0.0170. The molecule has 20 heavy (non-hydrogen) atoms. The van der Waals surface area contributed by atoms with E-state index in [2.05, 4.69) is 34.8 Å². The van der Waals surface area contributed by atoms with Crippen LogP contribution in [-0.4, -0.2) is 37.0 Å². The van der Waals surface area contributed by atoms with Gasteiger partial charge in [-0.05, 0) is 33.1 Å². The molecule has 1 aliphatic rings. The van der Waals surface area contributed by atoms with Crippen LogP contribution in [0.1, 0.15) is 59.3 Å². The zero-order chi connectivity index (χ0) is 14.8. The van der Waals surface area contributed by atoms with Crippen LogP contribution in [0, 0.1) is 0 Å². The average Bonchev–Trinajstić information content (AvgIpc) is 3.20. The second kappa shape index (κ2) is 9.61. The molecule has 1 rings (SSSR count). The van der Waals surface area contributed by atoms with Crippen molar-refractivity contribution in [3.05, 3.63) is 0 Å². The van der Waals surface area contributed by atoms with Crippen molar-refractivity contribution in [2.45, 2.75) is 71.4 Å². The van der Waals surface area contributed by atoms with Gasteiger partial charge in [0.15, 0.2) is 5.96 Å². The summed E-state index contributed by atoms with van der Waals surface area (Å²) in [5, 5.41) is 9.49. The summed E-state index contributed by atoms with van der Waals surface area (Å²) in [6.07, 6.45) is 7.09. The Balaban J connectivity index is 2.30. The molecule has 1 saturated carbocycles. The Hall–Kier alpha value is -1.26. The number of hydrogen-bond acceptors (Lipinski definition) is 2. The van der Waals surface area contributed by atoms with Crippen molar-refractivity contribution in [2.24, 2.45) is 4.99 Å². The molecular formula is C15H30N4O. The van der Waals surface area contributed by atoms with Crippen LogP contribution in [0.2, 0.25) is 0 Å². The van der Waals surface area contributed by atoms with E-state index in [-0.39, 0.29) is 12.5 Å². The van der Waals surface area contributed by atoms with Crippen molar-refractivity contribution in [1.29, 1.82) is 0 Å². The molecule has 0 heterocycles. The molecule has 116 valence electrons. The maximum Gasteiger partial charge on any atom is 0.242 e. The molecule has 0 aromatic carbocycles. The van der Waals surface area contributed by atoms with E-state index >= 15 is 0 Å². The first-order valence-electron chi connectivity index (χ1n) is 7.99. The molecular weight excluding hydrogens is 252 g/mol. The maximum atomic E-state index is 11.6. The predicted molar refractivity (Wildman–Crippen MR) is 83.9 cm³/mol. The van der Waals surface area contributed by atoms with Gasteiger partial charge in [-0.3, -0.25) is 4.79 Å². The zero-order valence-electron chi connectivity index (χ0n) is 13.2. The standard InChI is InChI=1S/C15H30N4O/c1-4-6-7-8-12(3)18-15(16-5-2)17-11-14(20)19-13-9-10-13/h12-13H,4-11H2,1-3H3,(H,19,20)(H2,16,17,18). The van der Waals surface area contributed by atoms with E-state index in [0.29, 0.717) is 12.1 Å². The molecule has 0 spiro atoms. The Labute approximate surface area is 123 Å². The number of nitrogens with one attached hydrogen (secondary N) is 3. The number of unbranched alkanes of at least 4 members (excludes halogenated alkanes) is 2. The Bertz CT molecular complexity index is 313. The fraction of sp³-hybridized carbons (Fsp3) is 0.867. The topological polar surface area (TPSA) is 65.5 Å². The number of carbonyl (C=O) groups excluding carboxylic acids is 1. The van der Waals surface area contributed by atoms with Crippen LogP contribution in [0.4, 0.5) is 0 Å². The van der Waals surface area contributed by atoms with Gasteiger partial charge in [0.25, 0.3) is 0 Å². The number of amides is 1. The van der Waals surface area contributed by atoms with Crippen LogP contribution in [0.3, 0.4) is 0 Å². The Morgan fingerprint density at radius 3 is 2.65 bits per heavy atom. The van der Waals surface area contributed by atoms with Crippen LogP contribution in [-0.2, 0) is 4.79 Å². The number of aliphatic imine (C=N–C) groups is 1. The van der Waals surface area contributed by atoms with Gasteiger partial charge in [-0.25, -0.2) is 4.99 Å². The minimum absolute atomic E-state index is 0.0170. The van der Waals surface area contributed by atoms with Crippen molar-refractivity contribution in [2.75, 3.05) is 13.1 Å². The van der Waals surface area contributed by atoms with Gasteiger partial charge in [0.05, 0.1) is 0 Å². The second-order valence-electron chi connectivity index (χ2n) is 5.58. The molecule has 1 atom stereocenters. The molecule has 0 aromatic rings. The monoisotopic (exact) mass is 282 g/mol. The largest absolute Gasteiger partial charge is 0.357 e. The highest BCUT2D eigenvalue weighted by Gasteiger charge is 2.22. The first-order chi connectivity index (χ1) is 9.65. The zero-order valence-corrected chi connectivity index (χ0v) is 13.2. The SMILES string of the molecule is CCCCCC(C)NC(=NCC(=O)NC1CC1)NCC. The van der Waals surface area contributed by atoms with Gasteiger partial charge >= 0.3 is 0 Å². The van der Waals surface area contributed by atoms with Crippen molar-refractivity contribution >= 4 is 11.9 Å². The number of rotatable bonds is 9. The molecule has 5 heteroatoms. The van der Waals surface area contributed by atoms with E-state index in [9.17, 15) is 4.79 Å². The van der Waals surface area contributed by atoms with Gasteiger partial charge in [-0.15, -0.1) is 0 Å². The molecule has 0 bridgehead atoms. The van der Waals surface area contributed by atoms with Crippen molar-refractivity contribution in [3.63, 3.8) is 0 Å². The van der Waals surface area contributed by atoms with Gasteiger partial charge < -0.3 is 16.0 Å². The quantitative estimate of drug-likeness (QED) is 0.343. The molecule has 1 fully saturated rings. The smallest absolute Gasteiger partial charge is 0.242 e. The highest BCUT2D eigenvalue weighted by molar-refractivity contribution is 5.85. The third-order valence-electron chi connectivity index (χ3n) is 3.29. The average molecular weight is 282 g/mol. The Kier molecular flexibility index (Phi) is 8.07. The van der Waals surface area contributed by atoms with Gasteiger partial charge in [-0.2, -0.15) is 0 Å². The van der Waals surface area contributed by atoms with Gasteiger partial charge in [0.2, 0.25) is 5.91 Å². The summed E-state index contributed by atoms with van der Waals surface area (Å²) in [6.45, 7) is 7.41. The lowest BCUT2D eigenvalue weighted by molar-refractivity contribution is -0.119. The summed E-state index contributed by atoms with van der Waals surface area (Å²) in [7, 11) is 0. The Morgan fingerprint density at radius 1 is 1.30 bits per heavy atom. The van der Waals surface area contributed by atoms with Crippen LogP contribution < -0.4 is 16.0 Å². The van der Waals surface area contributed by atoms with E-state index in [4.69, 9.17) is 0 Å². The van der Waals surface area contributed by atoms with Gasteiger partial charge in [0, 0.05) is 18.6 Å². The summed E-state index contributed by atoms with van der Waals surface area (Å²) >= 11 is 0. The van der Waals surface area contributed by atoms with E-state index in [0.717, 1.165) is 31.8 Å². The summed E-state index contributed by atoms with van der Waals surface area (Å²) in [4.78, 5) is 16.0. The minimum Gasteiger partial charge on any atom is -0.357 e. The summed E-state index contributed by atoms with van der Waals surface area (Å²) < 4.78 is 0. The summed E-state index contributed by atoms with van der Waals surface area (Å²) in [5.41, 5.74) is 0. The van der Waals surface area contributed by atoms with Crippen LogP contribution >= 0.6 is 0 Å². The summed E-state index contributed by atoms with van der Waals surface area (Å²) in [6, 6.07) is 0.784. The Morgan fingerprint density at radius 2 is 2.05 bits per heavy atom. The lowest BCUT2D eigenvalue weighted by Gasteiger charge is -2.17. The van der Waals surface area contributed by atoms with E-state index in [1.807, 2.05) is 6.92 Å². The molecule has 0 aliphatic heterocycles. The highest BCUT2D eigenvalue weighted by atomic mass is 16.2. The van der Waals surface area contributed by atoms with Gasteiger partial charge in [-0.1, -0.05) is 26.2 Å². The normalized spacial score (nSPS) is 16.6. The fourth-order valence-electron chi connectivity index (χ4n) is 1.98. The van der Waals surface area contributed by atoms with E-state index in [1.54, 1.807) is 0 Å². The van der Waals surface area contributed by atoms with Crippen molar-refractivity contribution in [3.8, 4) is 0 Å². The first kappa shape index (κ1) is 16.8. The van der Waals surface area contributed by atoms with E-state index < -0.39 is 0 Å². The van der Waals surface area contributed by atoms with Crippen LogP contribution in [0.5, 0.6) is 0 Å². The molecule has 1 unspecified atom stereocenters.